The Morgan fingerprint density at radius 1 is 1.53 bits per heavy atom. The molecule has 0 radical (unpaired) electrons. The number of anilines is 1. The second-order valence-electron chi connectivity index (χ2n) is 3.63. The molecule has 1 aliphatic rings. The first-order chi connectivity index (χ1) is 7.31. The molecule has 0 saturated carbocycles. The Kier molecular flexibility index (Phi) is 2.79. The van der Waals surface area contributed by atoms with Gasteiger partial charge < -0.3 is 10.2 Å². The number of rotatable bonds is 2. The van der Waals surface area contributed by atoms with Gasteiger partial charge in [0.2, 0.25) is 0 Å². The van der Waals surface area contributed by atoms with Crippen molar-refractivity contribution in [1.29, 1.82) is 5.26 Å². The summed E-state index contributed by atoms with van der Waals surface area (Å²) in [6.07, 6.45) is 4.28. The molecular formula is C10H13N5. The molecule has 2 heterocycles. The second-order valence-corrected chi connectivity index (χ2v) is 3.63. The van der Waals surface area contributed by atoms with E-state index in [2.05, 4.69) is 20.2 Å². The fraction of sp³-hybridized carbons (Fsp3) is 0.500. The van der Waals surface area contributed by atoms with Crippen LogP contribution in [-0.4, -0.2) is 36.1 Å². The average molecular weight is 203 g/mol. The standard InChI is InChI=1S/C10H13N5/c1-15(9-2-3-12-6-9)10-7-13-8(4-11)5-14-10/h5,7,9,12H,2-3,6H2,1H3. The largest absolute Gasteiger partial charge is 0.354 e. The van der Waals surface area contributed by atoms with Gasteiger partial charge in [0.1, 0.15) is 11.9 Å². The van der Waals surface area contributed by atoms with Gasteiger partial charge in [-0.1, -0.05) is 0 Å². The number of nitriles is 1. The molecule has 5 heteroatoms. The van der Waals surface area contributed by atoms with Crippen LogP contribution < -0.4 is 10.2 Å². The Morgan fingerprint density at radius 3 is 2.93 bits per heavy atom. The molecule has 1 fully saturated rings. The molecule has 78 valence electrons. The molecule has 0 bridgehead atoms. The molecule has 1 aromatic heterocycles. The van der Waals surface area contributed by atoms with Crippen LogP contribution in [0.4, 0.5) is 5.82 Å². The SMILES string of the molecule is CN(c1cnc(C#N)cn1)C1CCNC1. The van der Waals surface area contributed by atoms with Gasteiger partial charge in [-0.15, -0.1) is 0 Å². The monoisotopic (exact) mass is 203 g/mol. The van der Waals surface area contributed by atoms with E-state index in [4.69, 9.17) is 5.26 Å². The fourth-order valence-corrected chi connectivity index (χ4v) is 1.72. The Morgan fingerprint density at radius 2 is 2.40 bits per heavy atom. The van der Waals surface area contributed by atoms with Gasteiger partial charge in [0, 0.05) is 19.6 Å². The molecule has 0 spiro atoms. The van der Waals surface area contributed by atoms with Crippen LogP contribution in [0.25, 0.3) is 0 Å². The molecule has 0 aliphatic carbocycles. The summed E-state index contributed by atoms with van der Waals surface area (Å²) in [7, 11) is 2.01. The Bertz CT molecular complexity index is 360. The van der Waals surface area contributed by atoms with Gasteiger partial charge in [0.25, 0.3) is 0 Å². The van der Waals surface area contributed by atoms with Crippen LogP contribution in [0.2, 0.25) is 0 Å². The number of likely N-dealkylation sites (N-methyl/N-ethyl adjacent to an activating group) is 1. The zero-order chi connectivity index (χ0) is 10.7. The molecule has 2 rings (SSSR count). The molecule has 1 N–H and O–H groups in total. The lowest BCUT2D eigenvalue weighted by Crippen LogP contribution is -2.33. The first kappa shape index (κ1) is 9.87. The van der Waals surface area contributed by atoms with Crippen molar-refractivity contribution in [2.75, 3.05) is 25.0 Å². The highest BCUT2D eigenvalue weighted by Gasteiger charge is 2.20. The van der Waals surface area contributed by atoms with E-state index in [1.807, 2.05) is 13.1 Å². The summed E-state index contributed by atoms with van der Waals surface area (Å²) in [4.78, 5) is 10.3. The minimum atomic E-state index is 0.358. The summed E-state index contributed by atoms with van der Waals surface area (Å²) in [6, 6.07) is 2.44. The summed E-state index contributed by atoms with van der Waals surface area (Å²) in [5, 5.41) is 11.9. The molecule has 0 amide bonds. The minimum absolute atomic E-state index is 0.358. The van der Waals surface area contributed by atoms with E-state index < -0.39 is 0 Å². The van der Waals surface area contributed by atoms with Gasteiger partial charge in [0.05, 0.1) is 12.4 Å². The first-order valence-electron chi connectivity index (χ1n) is 4.97. The first-order valence-corrected chi connectivity index (χ1v) is 4.97. The third-order valence-electron chi connectivity index (χ3n) is 2.70. The Balaban J connectivity index is 2.11. The molecule has 5 nitrogen and oxygen atoms in total. The van der Waals surface area contributed by atoms with Gasteiger partial charge in [-0.2, -0.15) is 5.26 Å². The van der Waals surface area contributed by atoms with Crippen LogP contribution in [0.1, 0.15) is 12.1 Å². The van der Waals surface area contributed by atoms with Gasteiger partial charge >= 0.3 is 0 Å². The quantitative estimate of drug-likeness (QED) is 0.741. The number of aromatic nitrogens is 2. The highest BCUT2D eigenvalue weighted by Crippen LogP contribution is 2.14. The predicted molar refractivity (Wildman–Crippen MR) is 56.4 cm³/mol. The summed E-state index contributed by atoms with van der Waals surface area (Å²) in [6.45, 7) is 2.04. The molecule has 15 heavy (non-hydrogen) atoms. The van der Waals surface area contributed by atoms with Crippen molar-refractivity contribution in [3.63, 3.8) is 0 Å². The van der Waals surface area contributed by atoms with Crippen molar-refractivity contribution >= 4 is 5.82 Å². The van der Waals surface area contributed by atoms with Gasteiger partial charge in [-0.25, -0.2) is 9.97 Å². The van der Waals surface area contributed by atoms with Crippen LogP contribution in [0, 0.1) is 11.3 Å². The van der Waals surface area contributed by atoms with E-state index in [1.165, 1.54) is 6.20 Å². The number of nitrogens with one attached hydrogen (secondary N) is 1. The fourth-order valence-electron chi connectivity index (χ4n) is 1.72. The maximum absolute atomic E-state index is 8.60. The topological polar surface area (TPSA) is 64.8 Å². The van der Waals surface area contributed by atoms with E-state index in [9.17, 15) is 0 Å². The van der Waals surface area contributed by atoms with E-state index in [1.54, 1.807) is 6.20 Å². The smallest absolute Gasteiger partial charge is 0.158 e. The zero-order valence-electron chi connectivity index (χ0n) is 8.64. The molecule has 1 atom stereocenters. The maximum atomic E-state index is 8.60. The van der Waals surface area contributed by atoms with Gasteiger partial charge in [0.15, 0.2) is 5.69 Å². The van der Waals surface area contributed by atoms with Crippen LogP contribution >= 0.6 is 0 Å². The maximum Gasteiger partial charge on any atom is 0.158 e. The van der Waals surface area contributed by atoms with Gasteiger partial charge in [-0.3, -0.25) is 0 Å². The lowest BCUT2D eigenvalue weighted by atomic mass is 10.2. The highest BCUT2D eigenvalue weighted by molar-refractivity contribution is 5.37. The second kappa shape index (κ2) is 4.24. The zero-order valence-corrected chi connectivity index (χ0v) is 8.64. The van der Waals surface area contributed by atoms with Crippen LogP contribution in [0.15, 0.2) is 12.4 Å². The summed E-state index contributed by atoms with van der Waals surface area (Å²) < 4.78 is 0. The predicted octanol–water partition coefficient (Wildman–Crippen LogP) is 0.146. The number of hydrogen-bond acceptors (Lipinski definition) is 5. The van der Waals surface area contributed by atoms with E-state index in [0.717, 1.165) is 25.3 Å². The molecule has 1 unspecified atom stereocenters. The summed E-state index contributed by atoms with van der Waals surface area (Å²) in [5.74, 6) is 0.822. The normalized spacial score (nSPS) is 19.9. The van der Waals surface area contributed by atoms with Crippen molar-refractivity contribution in [2.24, 2.45) is 0 Å². The Labute approximate surface area is 88.8 Å². The van der Waals surface area contributed by atoms with Gasteiger partial charge in [-0.05, 0) is 13.0 Å². The van der Waals surface area contributed by atoms with Crippen molar-refractivity contribution in [2.45, 2.75) is 12.5 Å². The minimum Gasteiger partial charge on any atom is -0.354 e. The lowest BCUT2D eigenvalue weighted by Gasteiger charge is -2.24. The number of nitrogens with zero attached hydrogens (tertiary/aromatic N) is 4. The van der Waals surface area contributed by atoms with E-state index in [0.29, 0.717) is 11.7 Å². The highest BCUT2D eigenvalue weighted by atomic mass is 15.2. The lowest BCUT2D eigenvalue weighted by molar-refractivity contribution is 0.676. The van der Waals surface area contributed by atoms with Crippen molar-refractivity contribution < 1.29 is 0 Å². The summed E-state index contributed by atoms with van der Waals surface area (Å²) >= 11 is 0. The van der Waals surface area contributed by atoms with Crippen LogP contribution in [0.3, 0.4) is 0 Å². The summed E-state index contributed by atoms with van der Waals surface area (Å²) in [5.41, 5.74) is 0.358. The van der Waals surface area contributed by atoms with Crippen molar-refractivity contribution in [3.8, 4) is 6.07 Å². The Hall–Kier alpha value is -1.67. The van der Waals surface area contributed by atoms with Crippen LogP contribution in [-0.2, 0) is 0 Å². The molecule has 1 saturated heterocycles. The third-order valence-corrected chi connectivity index (χ3v) is 2.70. The number of hydrogen-bond donors (Lipinski definition) is 1. The van der Waals surface area contributed by atoms with E-state index >= 15 is 0 Å². The molecule has 1 aromatic rings. The van der Waals surface area contributed by atoms with Crippen molar-refractivity contribution in [3.05, 3.63) is 18.1 Å². The van der Waals surface area contributed by atoms with Crippen molar-refractivity contribution in [1.82, 2.24) is 15.3 Å². The molecule has 1 aliphatic heterocycles. The average Bonchev–Trinajstić information content (AvgIpc) is 2.82. The van der Waals surface area contributed by atoms with E-state index in [-0.39, 0.29) is 0 Å². The molecule has 0 aromatic carbocycles. The molecular weight excluding hydrogens is 190 g/mol. The van der Waals surface area contributed by atoms with Crippen LogP contribution in [0.5, 0.6) is 0 Å². The third kappa shape index (κ3) is 2.05.